The van der Waals surface area contributed by atoms with Gasteiger partial charge in [-0.05, 0) is 38.1 Å². The second-order valence-electron chi connectivity index (χ2n) is 5.65. The van der Waals surface area contributed by atoms with Gasteiger partial charge in [-0.2, -0.15) is 0 Å². The van der Waals surface area contributed by atoms with Crippen LogP contribution in [0.3, 0.4) is 0 Å². The molecule has 0 unspecified atom stereocenters. The Labute approximate surface area is 104 Å². The van der Waals surface area contributed by atoms with Gasteiger partial charge in [0.05, 0.1) is 0 Å². The highest BCUT2D eigenvalue weighted by molar-refractivity contribution is 5.67. The molecule has 3 heteroatoms. The van der Waals surface area contributed by atoms with Gasteiger partial charge in [0.15, 0.2) is 0 Å². The van der Waals surface area contributed by atoms with Crippen molar-refractivity contribution in [1.82, 2.24) is 4.90 Å². The smallest absolute Gasteiger partial charge is 0.303 e. The Bertz CT molecular complexity index is 261. The minimum Gasteiger partial charge on any atom is -0.481 e. The van der Waals surface area contributed by atoms with Crippen molar-refractivity contribution >= 4 is 5.97 Å². The Balaban J connectivity index is 1.96. The molecule has 0 aromatic rings. The van der Waals surface area contributed by atoms with Crippen molar-refractivity contribution in [2.24, 2.45) is 5.92 Å². The van der Waals surface area contributed by atoms with Gasteiger partial charge < -0.3 is 5.11 Å². The van der Waals surface area contributed by atoms with Crippen LogP contribution in [-0.4, -0.2) is 34.6 Å². The summed E-state index contributed by atoms with van der Waals surface area (Å²) in [6, 6.07) is 1.27. The first kappa shape index (κ1) is 12.9. The largest absolute Gasteiger partial charge is 0.481 e. The topological polar surface area (TPSA) is 40.5 Å². The van der Waals surface area contributed by atoms with Gasteiger partial charge in [-0.1, -0.05) is 26.2 Å². The van der Waals surface area contributed by atoms with Gasteiger partial charge in [-0.15, -0.1) is 0 Å². The zero-order valence-corrected chi connectivity index (χ0v) is 10.9. The average Bonchev–Trinajstić information content (AvgIpc) is 2.72. The fourth-order valence-electron chi connectivity index (χ4n) is 3.84. The predicted octanol–water partition coefficient (Wildman–Crippen LogP) is 2.89. The fourth-order valence-corrected chi connectivity index (χ4v) is 3.84. The van der Waals surface area contributed by atoms with Gasteiger partial charge >= 0.3 is 5.97 Å². The van der Waals surface area contributed by atoms with E-state index in [1.54, 1.807) is 0 Å². The zero-order valence-electron chi connectivity index (χ0n) is 10.9. The standard InChI is InChI=1S/C14H25NO2/c1-2-13-11(10-14(16)17)8-9-15(13)12-6-4-3-5-7-12/h11-13H,2-10H2,1H3,(H,16,17)/t11-,13-/m1/s1. The van der Waals surface area contributed by atoms with Crippen molar-refractivity contribution in [3.8, 4) is 0 Å². The number of aliphatic carboxylic acids is 1. The van der Waals surface area contributed by atoms with E-state index in [1.807, 2.05) is 0 Å². The maximum Gasteiger partial charge on any atom is 0.303 e. The molecule has 1 aliphatic heterocycles. The second-order valence-corrected chi connectivity index (χ2v) is 5.65. The summed E-state index contributed by atoms with van der Waals surface area (Å²) in [7, 11) is 0. The van der Waals surface area contributed by atoms with E-state index in [-0.39, 0.29) is 0 Å². The van der Waals surface area contributed by atoms with Crippen LogP contribution < -0.4 is 0 Å². The maximum atomic E-state index is 10.9. The zero-order chi connectivity index (χ0) is 12.3. The Hall–Kier alpha value is -0.570. The van der Waals surface area contributed by atoms with Crippen LogP contribution in [0.4, 0.5) is 0 Å². The lowest BCUT2D eigenvalue weighted by atomic mass is 9.91. The Morgan fingerprint density at radius 1 is 1.24 bits per heavy atom. The van der Waals surface area contributed by atoms with E-state index in [2.05, 4.69) is 11.8 Å². The van der Waals surface area contributed by atoms with Crippen LogP contribution in [0.25, 0.3) is 0 Å². The summed E-state index contributed by atoms with van der Waals surface area (Å²) in [5, 5.41) is 8.97. The van der Waals surface area contributed by atoms with E-state index in [4.69, 9.17) is 5.11 Å². The van der Waals surface area contributed by atoms with E-state index in [9.17, 15) is 4.79 Å². The van der Waals surface area contributed by atoms with Crippen LogP contribution in [0.5, 0.6) is 0 Å². The molecule has 0 aromatic heterocycles. The number of hydrogen-bond acceptors (Lipinski definition) is 2. The van der Waals surface area contributed by atoms with Gasteiger partial charge in [-0.3, -0.25) is 9.69 Å². The molecule has 0 radical (unpaired) electrons. The molecule has 17 heavy (non-hydrogen) atoms. The van der Waals surface area contributed by atoms with Crippen molar-refractivity contribution in [3.63, 3.8) is 0 Å². The van der Waals surface area contributed by atoms with Crippen molar-refractivity contribution in [1.29, 1.82) is 0 Å². The molecule has 3 nitrogen and oxygen atoms in total. The molecule has 2 rings (SSSR count). The highest BCUT2D eigenvalue weighted by Crippen LogP contribution is 2.35. The average molecular weight is 239 g/mol. The lowest BCUT2D eigenvalue weighted by Crippen LogP contribution is -2.42. The van der Waals surface area contributed by atoms with E-state index in [0.717, 1.165) is 25.4 Å². The first-order valence-corrected chi connectivity index (χ1v) is 7.20. The van der Waals surface area contributed by atoms with Crippen LogP contribution >= 0.6 is 0 Å². The third kappa shape index (κ3) is 3.01. The quantitative estimate of drug-likeness (QED) is 0.820. The summed E-state index contributed by atoms with van der Waals surface area (Å²) in [5.74, 6) is -0.238. The van der Waals surface area contributed by atoms with Gasteiger partial charge in [-0.25, -0.2) is 0 Å². The molecule has 1 saturated heterocycles. The number of likely N-dealkylation sites (tertiary alicyclic amines) is 1. The summed E-state index contributed by atoms with van der Waals surface area (Å²) in [4.78, 5) is 13.5. The molecule has 1 heterocycles. The monoisotopic (exact) mass is 239 g/mol. The molecule has 0 bridgehead atoms. The molecular formula is C14H25NO2. The molecule has 2 fully saturated rings. The molecule has 2 atom stereocenters. The van der Waals surface area contributed by atoms with E-state index < -0.39 is 5.97 Å². The number of carboxylic acids is 1. The van der Waals surface area contributed by atoms with Crippen molar-refractivity contribution in [2.75, 3.05) is 6.54 Å². The van der Waals surface area contributed by atoms with Crippen LogP contribution in [0.15, 0.2) is 0 Å². The number of rotatable bonds is 4. The highest BCUT2D eigenvalue weighted by atomic mass is 16.4. The first-order valence-electron chi connectivity index (χ1n) is 7.20. The summed E-state index contributed by atoms with van der Waals surface area (Å²) in [6.45, 7) is 3.34. The normalized spacial score (nSPS) is 31.8. The Kier molecular flexibility index (Phi) is 4.43. The van der Waals surface area contributed by atoms with Crippen molar-refractivity contribution in [3.05, 3.63) is 0 Å². The Morgan fingerprint density at radius 3 is 2.53 bits per heavy atom. The van der Waals surface area contributed by atoms with Crippen LogP contribution in [0.2, 0.25) is 0 Å². The molecule has 0 aromatic carbocycles. The van der Waals surface area contributed by atoms with Gasteiger partial charge in [0.25, 0.3) is 0 Å². The minimum atomic E-state index is -0.626. The molecule has 1 N–H and O–H groups in total. The van der Waals surface area contributed by atoms with Crippen molar-refractivity contribution < 1.29 is 9.90 Å². The van der Waals surface area contributed by atoms with E-state index in [1.165, 1.54) is 32.1 Å². The number of carbonyl (C=O) groups is 1. The SMILES string of the molecule is CC[C@@H]1[C@@H](CC(=O)O)CCN1C1CCCCC1. The number of nitrogens with zero attached hydrogens (tertiary/aromatic N) is 1. The molecule has 0 spiro atoms. The van der Waals surface area contributed by atoms with E-state index in [0.29, 0.717) is 18.4 Å². The Morgan fingerprint density at radius 2 is 1.94 bits per heavy atom. The first-order chi connectivity index (χ1) is 8.22. The molecule has 0 amide bonds. The minimum absolute atomic E-state index is 0.363. The molecule has 98 valence electrons. The van der Waals surface area contributed by atoms with Crippen molar-refractivity contribution in [2.45, 2.75) is 70.4 Å². The van der Waals surface area contributed by atoms with Gasteiger partial charge in [0.2, 0.25) is 0 Å². The summed E-state index contributed by atoms with van der Waals surface area (Å²) in [6.07, 6.45) is 9.33. The fraction of sp³-hybridized carbons (Fsp3) is 0.929. The third-order valence-electron chi connectivity index (χ3n) is 4.63. The highest BCUT2D eigenvalue weighted by Gasteiger charge is 2.37. The summed E-state index contributed by atoms with van der Waals surface area (Å²) < 4.78 is 0. The molecule has 2 aliphatic rings. The molecular weight excluding hydrogens is 214 g/mol. The number of hydrogen-bond donors (Lipinski definition) is 1. The third-order valence-corrected chi connectivity index (χ3v) is 4.63. The lowest BCUT2D eigenvalue weighted by Gasteiger charge is -2.36. The summed E-state index contributed by atoms with van der Waals surface area (Å²) in [5.41, 5.74) is 0. The van der Waals surface area contributed by atoms with Crippen LogP contribution in [0, 0.1) is 5.92 Å². The van der Waals surface area contributed by atoms with Crippen LogP contribution in [-0.2, 0) is 4.79 Å². The van der Waals surface area contributed by atoms with Gasteiger partial charge in [0, 0.05) is 18.5 Å². The predicted molar refractivity (Wildman–Crippen MR) is 68.0 cm³/mol. The lowest BCUT2D eigenvalue weighted by molar-refractivity contribution is -0.138. The van der Waals surface area contributed by atoms with Gasteiger partial charge in [0.1, 0.15) is 0 Å². The van der Waals surface area contributed by atoms with Crippen LogP contribution in [0.1, 0.15) is 58.3 Å². The second kappa shape index (κ2) is 5.85. The van der Waals surface area contributed by atoms with E-state index >= 15 is 0 Å². The molecule has 1 aliphatic carbocycles. The molecule has 1 saturated carbocycles. The number of carboxylic acid groups (broad SMARTS) is 1. The summed E-state index contributed by atoms with van der Waals surface area (Å²) >= 11 is 0. The maximum absolute atomic E-state index is 10.9.